The van der Waals surface area contributed by atoms with Gasteiger partial charge in [0.25, 0.3) is 0 Å². The van der Waals surface area contributed by atoms with Crippen LogP contribution in [-0.2, 0) is 0 Å². The van der Waals surface area contributed by atoms with Gasteiger partial charge in [0, 0.05) is 44.5 Å². The molecule has 0 spiro atoms. The smallest absolute Gasteiger partial charge is 0.131 e. The fourth-order valence-electron chi connectivity index (χ4n) is 9.56. The van der Waals surface area contributed by atoms with E-state index in [1.807, 2.05) is 60.7 Å². The molecule has 64 heavy (non-hydrogen) atoms. The van der Waals surface area contributed by atoms with Crippen molar-refractivity contribution in [1.29, 1.82) is 0 Å². The van der Waals surface area contributed by atoms with Gasteiger partial charge in [0.15, 0.2) is 0 Å². The zero-order chi connectivity index (χ0) is 43.9. The molecule has 0 amide bonds. The number of phenolic OH excluding ortho intramolecular Hbond substituents is 2. The van der Waals surface area contributed by atoms with Crippen molar-refractivity contribution in [2.75, 3.05) is 0 Å². The van der Waals surface area contributed by atoms with Crippen molar-refractivity contribution >= 4 is 43.1 Å². The average molecular weight is 835 g/mol. The molecule has 0 fully saturated rings. The predicted molar refractivity (Wildman–Crippen MR) is 267 cm³/mol. The first-order valence-corrected chi connectivity index (χ1v) is 22.2. The standard InChI is InChI=1S/C60H50O4/c1-37-31-51(59(61)53(33-37)57-45-21-9-5-17-41(45)35-42-18-6-10-22-46(42)57)49-25-13-15-27-55(49)63-39(3)29-30-40(4)64-56-28-16-14-26-50(56)52-32-38(2)34-54(60(52)62)58-47-23-11-7-19-43(47)36-44-20-8-12-24-48(44)58/h5-28,31-36,39-40,61-62H,29-30H2,1-4H3/t39-,40?/m0/s1. The topological polar surface area (TPSA) is 58.9 Å². The first kappa shape index (κ1) is 40.5. The van der Waals surface area contributed by atoms with Crippen LogP contribution in [0.15, 0.2) is 182 Å². The van der Waals surface area contributed by atoms with Gasteiger partial charge in [0.05, 0.1) is 12.2 Å². The molecule has 1 unspecified atom stereocenters. The number of para-hydroxylation sites is 2. The summed E-state index contributed by atoms with van der Waals surface area (Å²) in [6.45, 7) is 8.34. The van der Waals surface area contributed by atoms with Gasteiger partial charge in [0.1, 0.15) is 23.0 Å². The van der Waals surface area contributed by atoms with E-state index in [9.17, 15) is 10.2 Å². The number of hydrogen-bond acceptors (Lipinski definition) is 4. The summed E-state index contributed by atoms with van der Waals surface area (Å²) < 4.78 is 13.4. The molecule has 10 aromatic rings. The summed E-state index contributed by atoms with van der Waals surface area (Å²) >= 11 is 0. The van der Waals surface area contributed by atoms with Crippen molar-refractivity contribution in [1.82, 2.24) is 0 Å². The molecule has 314 valence electrons. The number of benzene rings is 10. The molecule has 0 aromatic heterocycles. The van der Waals surface area contributed by atoms with Crippen LogP contribution < -0.4 is 9.47 Å². The molecule has 0 aliphatic heterocycles. The van der Waals surface area contributed by atoms with E-state index in [-0.39, 0.29) is 23.7 Å². The van der Waals surface area contributed by atoms with Gasteiger partial charge in [-0.15, -0.1) is 0 Å². The third-order valence-electron chi connectivity index (χ3n) is 12.6. The van der Waals surface area contributed by atoms with Gasteiger partial charge >= 0.3 is 0 Å². The second-order valence-corrected chi connectivity index (χ2v) is 17.2. The van der Waals surface area contributed by atoms with Crippen LogP contribution in [-0.4, -0.2) is 22.4 Å². The van der Waals surface area contributed by atoms with E-state index in [4.69, 9.17) is 9.47 Å². The maximum Gasteiger partial charge on any atom is 0.131 e. The van der Waals surface area contributed by atoms with Crippen LogP contribution in [0.1, 0.15) is 37.8 Å². The van der Waals surface area contributed by atoms with Gasteiger partial charge in [-0.25, -0.2) is 0 Å². The molecular formula is C60H50O4. The van der Waals surface area contributed by atoms with Crippen LogP contribution in [0.3, 0.4) is 0 Å². The lowest BCUT2D eigenvalue weighted by Crippen LogP contribution is -2.18. The Balaban J connectivity index is 0.906. The molecule has 10 rings (SSSR count). The number of phenols is 2. The lowest BCUT2D eigenvalue weighted by molar-refractivity contribution is 0.161. The summed E-state index contributed by atoms with van der Waals surface area (Å²) in [5.41, 5.74) is 8.89. The van der Waals surface area contributed by atoms with Gasteiger partial charge in [-0.05, 0) is 143 Å². The van der Waals surface area contributed by atoms with Gasteiger partial charge < -0.3 is 19.7 Å². The normalized spacial score (nSPS) is 12.5. The second kappa shape index (κ2) is 17.0. The highest BCUT2D eigenvalue weighted by atomic mass is 16.5. The minimum absolute atomic E-state index is 0.144. The molecule has 0 bridgehead atoms. The van der Waals surface area contributed by atoms with E-state index >= 15 is 0 Å². The van der Waals surface area contributed by atoms with Gasteiger partial charge in [-0.2, -0.15) is 0 Å². The Kier molecular flexibility index (Phi) is 10.7. The molecule has 0 aliphatic carbocycles. The number of hydrogen-bond donors (Lipinski definition) is 2. The summed E-state index contributed by atoms with van der Waals surface area (Å²) in [5, 5.41) is 33.4. The molecular weight excluding hydrogens is 785 g/mol. The SMILES string of the molecule is Cc1cc(-c2ccccc2OC(C)CC[C@H](C)Oc2ccccc2-c2cc(C)cc(-c3c4ccccc4cc4ccccc34)c2O)c(O)c(-c2c3ccccc3cc3ccccc23)c1. The molecule has 2 N–H and O–H groups in total. The van der Waals surface area contributed by atoms with Crippen molar-refractivity contribution in [3.63, 3.8) is 0 Å². The van der Waals surface area contributed by atoms with Crippen molar-refractivity contribution in [2.45, 2.75) is 52.7 Å². The highest BCUT2D eigenvalue weighted by Gasteiger charge is 2.23. The Morgan fingerprint density at radius 3 is 1.02 bits per heavy atom. The minimum atomic E-state index is -0.144. The van der Waals surface area contributed by atoms with E-state index in [0.717, 1.165) is 112 Å². The van der Waals surface area contributed by atoms with Gasteiger partial charge in [-0.1, -0.05) is 133 Å². The number of ether oxygens (including phenoxy) is 2. The lowest BCUT2D eigenvalue weighted by Gasteiger charge is -2.22. The van der Waals surface area contributed by atoms with E-state index in [1.54, 1.807) is 0 Å². The Morgan fingerprint density at radius 2 is 0.656 bits per heavy atom. The van der Waals surface area contributed by atoms with Crippen molar-refractivity contribution in [3.05, 3.63) is 193 Å². The number of aryl methyl sites for hydroxylation is 2. The third-order valence-corrected chi connectivity index (χ3v) is 12.6. The summed E-state index contributed by atoms with van der Waals surface area (Å²) in [4.78, 5) is 0. The summed E-state index contributed by atoms with van der Waals surface area (Å²) in [5.74, 6) is 1.89. The van der Waals surface area contributed by atoms with Crippen LogP contribution in [0, 0.1) is 13.8 Å². The molecule has 0 saturated heterocycles. The quantitative estimate of drug-likeness (QED) is 0.127. The summed E-state index contributed by atoms with van der Waals surface area (Å²) in [7, 11) is 0. The summed E-state index contributed by atoms with van der Waals surface area (Å²) in [6, 6.07) is 62.2. The maximum atomic E-state index is 12.2. The van der Waals surface area contributed by atoms with E-state index < -0.39 is 0 Å². The highest BCUT2D eigenvalue weighted by molar-refractivity contribution is 6.15. The fourth-order valence-corrected chi connectivity index (χ4v) is 9.56. The Labute approximate surface area is 374 Å². The van der Waals surface area contributed by atoms with Gasteiger partial charge in [0.2, 0.25) is 0 Å². The van der Waals surface area contributed by atoms with Crippen LogP contribution in [0.5, 0.6) is 23.0 Å². The summed E-state index contributed by atoms with van der Waals surface area (Å²) in [6.07, 6.45) is 1.18. The van der Waals surface area contributed by atoms with E-state index in [2.05, 4.69) is 149 Å². The van der Waals surface area contributed by atoms with E-state index in [1.165, 1.54) is 0 Å². The highest BCUT2D eigenvalue weighted by Crippen LogP contribution is 2.48. The van der Waals surface area contributed by atoms with Crippen LogP contribution in [0.2, 0.25) is 0 Å². The second-order valence-electron chi connectivity index (χ2n) is 17.2. The first-order valence-electron chi connectivity index (χ1n) is 22.2. The number of fused-ring (bicyclic) bond motifs is 4. The van der Waals surface area contributed by atoms with Crippen molar-refractivity contribution < 1.29 is 19.7 Å². The maximum absolute atomic E-state index is 12.2. The molecule has 0 aliphatic rings. The van der Waals surface area contributed by atoms with Crippen LogP contribution in [0.25, 0.3) is 87.6 Å². The molecule has 2 atom stereocenters. The Bertz CT molecular complexity index is 3050. The van der Waals surface area contributed by atoms with E-state index in [0.29, 0.717) is 11.5 Å². The Hall–Kier alpha value is -7.56. The number of rotatable bonds is 11. The molecule has 10 aromatic carbocycles. The number of aromatic hydroxyl groups is 2. The molecule has 0 heterocycles. The van der Waals surface area contributed by atoms with Gasteiger partial charge in [-0.3, -0.25) is 0 Å². The zero-order valence-electron chi connectivity index (χ0n) is 36.6. The lowest BCUT2D eigenvalue weighted by atomic mass is 9.88. The largest absolute Gasteiger partial charge is 0.507 e. The average Bonchev–Trinajstić information content (AvgIpc) is 3.31. The monoisotopic (exact) mass is 834 g/mol. The zero-order valence-corrected chi connectivity index (χ0v) is 36.6. The molecule has 4 nitrogen and oxygen atoms in total. The van der Waals surface area contributed by atoms with Crippen molar-refractivity contribution in [3.8, 4) is 67.5 Å². The third kappa shape index (κ3) is 7.56. The minimum Gasteiger partial charge on any atom is -0.507 e. The van der Waals surface area contributed by atoms with Crippen LogP contribution >= 0.6 is 0 Å². The van der Waals surface area contributed by atoms with Crippen LogP contribution in [0.4, 0.5) is 0 Å². The first-order chi connectivity index (χ1) is 31.2. The molecule has 0 saturated carbocycles. The molecule has 4 heteroatoms. The predicted octanol–water partition coefficient (Wildman–Crippen LogP) is 16.0. The van der Waals surface area contributed by atoms with Crippen molar-refractivity contribution in [2.24, 2.45) is 0 Å². The molecule has 0 radical (unpaired) electrons. The fraction of sp³-hybridized carbons (Fsp3) is 0.133. The Morgan fingerprint density at radius 1 is 0.359 bits per heavy atom.